The minimum atomic E-state index is -0.132. The Kier molecular flexibility index (Phi) is 7.02. The molecule has 0 saturated heterocycles. The summed E-state index contributed by atoms with van der Waals surface area (Å²) in [6, 6.07) is 5.64. The average molecular weight is 293 g/mol. The molecule has 1 aromatic carbocycles. The van der Waals surface area contributed by atoms with Crippen LogP contribution >= 0.6 is 0 Å². The Morgan fingerprint density at radius 2 is 2.10 bits per heavy atom. The zero-order chi connectivity index (χ0) is 15.8. The summed E-state index contributed by atoms with van der Waals surface area (Å²) in [5, 5.41) is 2.90. The van der Waals surface area contributed by atoms with E-state index in [1.807, 2.05) is 0 Å². The predicted molar refractivity (Wildman–Crippen MR) is 86.7 cm³/mol. The molecule has 1 rings (SSSR count). The first-order chi connectivity index (χ1) is 9.95. The van der Waals surface area contributed by atoms with E-state index in [9.17, 15) is 4.79 Å². The van der Waals surface area contributed by atoms with Crippen molar-refractivity contribution in [1.82, 2.24) is 10.2 Å². The maximum absolute atomic E-state index is 12.0. The minimum Gasteiger partial charge on any atom is -0.497 e. The number of amides is 1. The molecule has 1 amide bonds. The Labute approximate surface area is 127 Å². The standard InChI is InChI=1S/C16H27N3O2/c1-12(2)19(3)10-6-5-9-18-16(20)14-8-7-13(21-4)11-15(14)17/h7-8,11-12H,5-6,9-10,17H2,1-4H3,(H,18,20). The number of unbranched alkanes of at least 4 members (excludes halogenated alkanes) is 1. The first-order valence-corrected chi connectivity index (χ1v) is 7.37. The number of ether oxygens (including phenoxy) is 1. The molecule has 0 aliphatic heterocycles. The Morgan fingerprint density at radius 1 is 1.38 bits per heavy atom. The Morgan fingerprint density at radius 3 is 2.67 bits per heavy atom. The summed E-state index contributed by atoms with van der Waals surface area (Å²) in [4.78, 5) is 14.3. The van der Waals surface area contributed by atoms with Gasteiger partial charge in [0.1, 0.15) is 5.75 Å². The molecule has 0 atom stereocenters. The van der Waals surface area contributed by atoms with Gasteiger partial charge in [0, 0.05) is 24.3 Å². The molecule has 0 unspecified atom stereocenters. The van der Waals surface area contributed by atoms with Gasteiger partial charge in [-0.1, -0.05) is 0 Å². The van der Waals surface area contributed by atoms with Crippen LogP contribution in [0.3, 0.4) is 0 Å². The zero-order valence-electron chi connectivity index (χ0n) is 13.5. The van der Waals surface area contributed by atoms with Gasteiger partial charge in [-0.2, -0.15) is 0 Å². The number of nitrogens with two attached hydrogens (primary N) is 1. The molecule has 0 aliphatic carbocycles. The van der Waals surface area contributed by atoms with Crippen molar-refractivity contribution in [2.45, 2.75) is 32.7 Å². The monoisotopic (exact) mass is 293 g/mol. The van der Waals surface area contributed by atoms with Crippen LogP contribution in [0.5, 0.6) is 5.75 Å². The van der Waals surface area contributed by atoms with E-state index in [4.69, 9.17) is 10.5 Å². The Balaban J connectivity index is 2.34. The zero-order valence-corrected chi connectivity index (χ0v) is 13.5. The summed E-state index contributed by atoms with van der Waals surface area (Å²) < 4.78 is 5.07. The van der Waals surface area contributed by atoms with Crippen molar-refractivity contribution in [2.75, 3.05) is 33.0 Å². The lowest BCUT2D eigenvalue weighted by molar-refractivity contribution is 0.0953. The van der Waals surface area contributed by atoms with Crippen molar-refractivity contribution >= 4 is 11.6 Å². The van der Waals surface area contributed by atoms with Gasteiger partial charge in [-0.05, 0) is 52.4 Å². The number of nitrogen functional groups attached to an aromatic ring is 1. The maximum atomic E-state index is 12.0. The van der Waals surface area contributed by atoms with Gasteiger partial charge in [0.25, 0.3) is 5.91 Å². The quantitative estimate of drug-likeness (QED) is 0.569. The maximum Gasteiger partial charge on any atom is 0.253 e. The fourth-order valence-electron chi connectivity index (χ4n) is 1.92. The lowest BCUT2D eigenvalue weighted by Crippen LogP contribution is -2.29. The van der Waals surface area contributed by atoms with Crippen LogP contribution in [0.1, 0.15) is 37.0 Å². The molecule has 0 heterocycles. The molecule has 21 heavy (non-hydrogen) atoms. The topological polar surface area (TPSA) is 67.6 Å². The Bertz CT molecular complexity index is 461. The van der Waals surface area contributed by atoms with Crippen molar-refractivity contribution in [3.8, 4) is 5.75 Å². The molecule has 5 nitrogen and oxygen atoms in total. The van der Waals surface area contributed by atoms with Crippen LogP contribution in [0.4, 0.5) is 5.69 Å². The van der Waals surface area contributed by atoms with Crippen LogP contribution in [0.25, 0.3) is 0 Å². The summed E-state index contributed by atoms with van der Waals surface area (Å²) in [5.41, 5.74) is 6.79. The van der Waals surface area contributed by atoms with E-state index in [0.717, 1.165) is 19.4 Å². The lowest BCUT2D eigenvalue weighted by Gasteiger charge is -2.20. The fraction of sp³-hybridized carbons (Fsp3) is 0.562. The van der Waals surface area contributed by atoms with Gasteiger partial charge in [0.05, 0.1) is 12.7 Å². The summed E-state index contributed by atoms with van der Waals surface area (Å²) in [5.74, 6) is 0.521. The number of hydrogen-bond acceptors (Lipinski definition) is 4. The van der Waals surface area contributed by atoms with Crippen molar-refractivity contribution in [2.24, 2.45) is 0 Å². The van der Waals surface area contributed by atoms with Gasteiger partial charge in [-0.25, -0.2) is 0 Å². The average Bonchev–Trinajstić information content (AvgIpc) is 2.45. The molecule has 3 N–H and O–H groups in total. The smallest absolute Gasteiger partial charge is 0.253 e. The highest BCUT2D eigenvalue weighted by atomic mass is 16.5. The molecule has 0 saturated carbocycles. The van der Waals surface area contributed by atoms with Gasteiger partial charge >= 0.3 is 0 Å². The van der Waals surface area contributed by atoms with E-state index in [1.165, 1.54) is 0 Å². The number of nitrogens with one attached hydrogen (secondary N) is 1. The van der Waals surface area contributed by atoms with E-state index < -0.39 is 0 Å². The number of hydrogen-bond donors (Lipinski definition) is 2. The number of anilines is 1. The van der Waals surface area contributed by atoms with Crippen LogP contribution < -0.4 is 15.8 Å². The first-order valence-electron chi connectivity index (χ1n) is 7.37. The molecule has 0 bridgehead atoms. The van der Waals surface area contributed by atoms with Gasteiger partial charge in [0.15, 0.2) is 0 Å². The number of nitrogens with zero attached hydrogens (tertiary/aromatic N) is 1. The third-order valence-electron chi connectivity index (χ3n) is 3.61. The van der Waals surface area contributed by atoms with Crippen molar-refractivity contribution in [1.29, 1.82) is 0 Å². The fourth-order valence-corrected chi connectivity index (χ4v) is 1.92. The van der Waals surface area contributed by atoms with Crippen LogP contribution in [0.2, 0.25) is 0 Å². The molecule has 0 radical (unpaired) electrons. The molecule has 0 spiro atoms. The third kappa shape index (κ3) is 5.63. The number of carbonyl (C=O) groups excluding carboxylic acids is 1. The predicted octanol–water partition coefficient (Wildman–Crippen LogP) is 2.13. The SMILES string of the molecule is COc1ccc(C(=O)NCCCCN(C)C(C)C)c(N)c1. The highest BCUT2D eigenvalue weighted by Gasteiger charge is 2.10. The largest absolute Gasteiger partial charge is 0.497 e. The second-order valence-electron chi connectivity index (χ2n) is 5.49. The molecule has 5 heteroatoms. The van der Waals surface area contributed by atoms with Crippen LogP contribution in [-0.4, -0.2) is 44.1 Å². The molecule has 0 aliphatic rings. The van der Waals surface area contributed by atoms with Gasteiger partial charge in [-0.15, -0.1) is 0 Å². The van der Waals surface area contributed by atoms with Crippen molar-refractivity contribution in [3.63, 3.8) is 0 Å². The van der Waals surface area contributed by atoms with Gasteiger partial charge < -0.3 is 20.7 Å². The van der Waals surface area contributed by atoms with E-state index in [1.54, 1.807) is 25.3 Å². The van der Waals surface area contributed by atoms with E-state index in [0.29, 0.717) is 29.6 Å². The van der Waals surface area contributed by atoms with Gasteiger partial charge in [-0.3, -0.25) is 4.79 Å². The van der Waals surface area contributed by atoms with E-state index in [2.05, 4.69) is 31.1 Å². The number of carbonyl (C=O) groups is 1. The molecular formula is C16H27N3O2. The number of methoxy groups -OCH3 is 1. The summed E-state index contributed by atoms with van der Waals surface area (Å²) in [7, 11) is 3.68. The van der Waals surface area contributed by atoms with Crippen molar-refractivity contribution in [3.05, 3.63) is 23.8 Å². The second kappa shape index (κ2) is 8.52. The minimum absolute atomic E-state index is 0.132. The summed E-state index contributed by atoms with van der Waals surface area (Å²) in [6.07, 6.45) is 2.02. The van der Waals surface area contributed by atoms with Crippen LogP contribution in [0.15, 0.2) is 18.2 Å². The first kappa shape index (κ1) is 17.3. The normalized spacial score (nSPS) is 11.0. The Hall–Kier alpha value is -1.75. The van der Waals surface area contributed by atoms with Crippen molar-refractivity contribution < 1.29 is 9.53 Å². The van der Waals surface area contributed by atoms with E-state index >= 15 is 0 Å². The van der Waals surface area contributed by atoms with Gasteiger partial charge in [0.2, 0.25) is 0 Å². The number of rotatable bonds is 8. The molecule has 118 valence electrons. The lowest BCUT2D eigenvalue weighted by atomic mass is 10.1. The molecular weight excluding hydrogens is 266 g/mol. The molecule has 1 aromatic rings. The highest BCUT2D eigenvalue weighted by molar-refractivity contribution is 5.99. The molecule has 0 fully saturated rings. The van der Waals surface area contributed by atoms with E-state index in [-0.39, 0.29) is 5.91 Å². The molecule has 0 aromatic heterocycles. The summed E-state index contributed by atoms with van der Waals surface area (Å²) >= 11 is 0. The number of benzene rings is 1. The van der Waals surface area contributed by atoms with Crippen LogP contribution in [0, 0.1) is 0 Å². The highest BCUT2D eigenvalue weighted by Crippen LogP contribution is 2.19. The second-order valence-corrected chi connectivity index (χ2v) is 5.49. The summed E-state index contributed by atoms with van der Waals surface area (Å²) in [6.45, 7) is 6.05. The third-order valence-corrected chi connectivity index (χ3v) is 3.61. The van der Waals surface area contributed by atoms with Crippen LogP contribution in [-0.2, 0) is 0 Å².